The summed E-state index contributed by atoms with van der Waals surface area (Å²) in [5, 5.41) is 0.815. The first-order valence-electron chi connectivity index (χ1n) is 4.43. The van der Waals surface area contributed by atoms with Crippen LogP contribution in [0.15, 0.2) is 18.2 Å². The van der Waals surface area contributed by atoms with Crippen molar-refractivity contribution in [1.82, 2.24) is 4.37 Å². The van der Waals surface area contributed by atoms with Crippen LogP contribution in [0, 0.1) is 0 Å². The highest BCUT2D eigenvalue weighted by molar-refractivity contribution is 7.13. The van der Waals surface area contributed by atoms with Gasteiger partial charge in [0.05, 0.1) is 11.8 Å². The molecule has 78 valence electrons. The van der Waals surface area contributed by atoms with E-state index < -0.39 is 5.97 Å². The van der Waals surface area contributed by atoms with Crippen LogP contribution in [0.25, 0.3) is 10.1 Å². The number of carbonyl (C=O) groups is 1. The lowest BCUT2D eigenvalue weighted by Gasteiger charge is -1.98. The van der Waals surface area contributed by atoms with E-state index in [0.717, 1.165) is 15.6 Å². The Morgan fingerprint density at radius 2 is 2.40 bits per heavy atom. The van der Waals surface area contributed by atoms with E-state index in [1.165, 1.54) is 18.6 Å². The van der Waals surface area contributed by atoms with Crippen LogP contribution >= 0.6 is 11.5 Å². The van der Waals surface area contributed by atoms with Crippen LogP contribution < -0.4 is 5.73 Å². The van der Waals surface area contributed by atoms with Gasteiger partial charge in [0, 0.05) is 11.9 Å². The molecule has 1 aromatic heterocycles. The maximum atomic E-state index is 11.4. The van der Waals surface area contributed by atoms with Crippen LogP contribution in [0.5, 0.6) is 0 Å². The number of rotatable bonds is 2. The van der Waals surface area contributed by atoms with Crippen LogP contribution in [0.4, 0.5) is 0 Å². The lowest BCUT2D eigenvalue weighted by molar-refractivity contribution is 0.0598. The Morgan fingerprint density at radius 1 is 1.60 bits per heavy atom. The third-order valence-corrected chi connectivity index (χ3v) is 2.98. The van der Waals surface area contributed by atoms with E-state index in [0.29, 0.717) is 12.2 Å². The first-order valence-corrected chi connectivity index (χ1v) is 5.20. The molecule has 2 N–H and O–H groups in total. The predicted molar refractivity (Wildman–Crippen MR) is 58.9 cm³/mol. The van der Waals surface area contributed by atoms with Crippen molar-refractivity contribution in [2.24, 2.45) is 5.73 Å². The minimum atomic E-state index is -0.407. The monoisotopic (exact) mass is 222 g/mol. The molecule has 0 saturated heterocycles. The van der Waals surface area contributed by atoms with E-state index in [2.05, 4.69) is 9.11 Å². The van der Waals surface area contributed by atoms with Gasteiger partial charge in [0.15, 0.2) is 5.69 Å². The van der Waals surface area contributed by atoms with E-state index in [1.54, 1.807) is 0 Å². The van der Waals surface area contributed by atoms with E-state index in [9.17, 15) is 4.79 Å². The highest BCUT2D eigenvalue weighted by atomic mass is 32.1. The normalized spacial score (nSPS) is 10.5. The first kappa shape index (κ1) is 10.1. The van der Waals surface area contributed by atoms with Crippen LogP contribution in [0.1, 0.15) is 16.1 Å². The van der Waals surface area contributed by atoms with Gasteiger partial charge in [-0.25, -0.2) is 4.79 Å². The summed E-state index contributed by atoms with van der Waals surface area (Å²) in [4.78, 5) is 11.4. The summed E-state index contributed by atoms with van der Waals surface area (Å²) in [6.45, 7) is 0.451. The van der Waals surface area contributed by atoms with Crippen LogP contribution in [0.2, 0.25) is 0 Å². The Kier molecular flexibility index (Phi) is 2.66. The van der Waals surface area contributed by atoms with Gasteiger partial charge in [-0.05, 0) is 29.2 Å². The van der Waals surface area contributed by atoms with E-state index in [1.807, 2.05) is 18.2 Å². The minimum absolute atomic E-state index is 0.368. The molecule has 0 aliphatic heterocycles. The van der Waals surface area contributed by atoms with Gasteiger partial charge < -0.3 is 10.5 Å². The summed E-state index contributed by atoms with van der Waals surface area (Å²) in [6.07, 6.45) is 0. The van der Waals surface area contributed by atoms with Gasteiger partial charge in [-0.1, -0.05) is 6.07 Å². The second kappa shape index (κ2) is 3.96. The minimum Gasteiger partial charge on any atom is -0.464 e. The van der Waals surface area contributed by atoms with Crippen molar-refractivity contribution in [1.29, 1.82) is 0 Å². The highest BCUT2D eigenvalue weighted by Gasteiger charge is 2.14. The number of nitrogens with zero attached hydrogens (tertiary/aromatic N) is 1. The fourth-order valence-corrected chi connectivity index (χ4v) is 2.10. The van der Waals surface area contributed by atoms with Gasteiger partial charge >= 0.3 is 5.97 Å². The van der Waals surface area contributed by atoms with Crippen molar-refractivity contribution >= 4 is 27.6 Å². The average molecular weight is 222 g/mol. The molecule has 1 heterocycles. The molecule has 0 bridgehead atoms. The van der Waals surface area contributed by atoms with Crippen molar-refractivity contribution in [3.8, 4) is 0 Å². The van der Waals surface area contributed by atoms with Gasteiger partial charge in [-0.3, -0.25) is 0 Å². The summed E-state index contributed by atoms with van der Waals surface area (Å²) in [5.41, 5.74) is 6.88. The van der Waals surface area contributed by atoms with Crippen LogP contribution in [-0.4, -0.2) is 17.5 Å². The third-order valence-electron chi connectivity index (χ3n) is 2.15. The quantitative estimate of drug-likeness (QED) is 0.783. The summed E-state index contributed by atoms with van der Waals surface area (Å²) >= 11 is 1.29. The molecule has 2 aromatic rings. The average Bonchev–Trinajstić information content (AvgIpc) is 2.70. The number of esters is 1. The Bertz CT molecular complexity index is 507. The molecule has 0 aliphatic rings. The van der Waals surface area contributed by atoms with Crippen molar-refractivity contribution in [2.75, 3.05) is 7.11 Å². The summed E-state index contributed by atoms with van der Waals surface area (Å²) in [7, 11) is 1.35. The van der Waals surface area contributed by atoms with Gasteiger partial charge in [0.2, 0.25) is 0 Å². The lowest BCUT2D eigenvalue weighted by atomic mass is 10.1. The Balaban J connectivity index is 2.61. The zero-order valence-corrected chi connectivity index (χ0v) is 9.00. The van der Waals surface area contributed by atoms with Crippen molar-refractivity contribution in [3.05, 3.63) is 29.5 Å². The second-order valence-corrected chi connectivity index (χ2v) is 3.86. The summed E-state index contributed by atoms with van der Waals surface area (Å²) in [5.74, 6) is -0.407. The molecule has 0 amide bonds. The SMILES string of the molecule is COC(=O)c1nsc2ccc(CN)cc12. The number of fused-ring (bicyclic) bond motifs is 1. The highest BCUT2D eigenvalue weighted by Crippen LogP contribution is 2.24. The predicted octanol–water partition coefficient (Wildman–Crippen LogP) is 1.54. The second-order valence-electron chi connectivity index (χ2n) is 3.06. The Morgan fingerprint density at radius 3 is 3.07 bits per heavy atom. The summed E-state index contributed by atoms with van der Waals surface area (Å²) in [6, 6.07) is 5.73. The largest absolute Gasteiger partial charge is 0.464 e. The number of methoxy groups -OCH3 is 1. The van der Waals surface area contributed by atoms with E-state index >= 15 is 0 Å². The lowest BCUT2D eigenvalue weighted by Crippen LogP contribution is -2.02. The number of hydrogen-bond donors (Lipinski definition) is 1. The first-order chi connectivity index (χ1) is 7.26. The van der Waals surface area contributed by atoms with Crippen LogP contribution in [0.3, 0.4) is 0 Å². The maximum absolute atomic E-state index is 11.4. The van der Waals surface area contributed by atoms with Gasteiger partial charge in [0.25, 0.3) is 0 Å². The molecular weight excluding hydrogens is 212 g/mol. The number of nitrogens with two attached hydrogens (primary N) is 1. The Hall–Kier alpha value is -1.46. The molecule has 5 heteroatoms. The number of ether oxygens (including phenoxy) is 1. The smallest absolute Gasteiger partial charge is 0.358 e. The standard InChI is InChI=1S/C10H10N2O2S/c1-14-10(13)9-7-4-6(5-11)2-3-8(7)15-12-9/h2-4H,5,11H2,1H3. The van der Waals surface area contributed by atoms with Crippen molar-refractivity contribution in [2.45, 2.75) is 6.54 Å². The van der Waals surface area contributed by atoms with Crippen molar-refractivity contribution in [3.63, 3.8) is 0 Å². The molecule has 0 radical (unpaired) electrons. The number of benzene rings is 1. The summed E-state index contributed by atoms with van der Waals surface area (Å²) < 4.78 is 9.68. The maximum Gasteiger partial charge on any atom is 0.358 e. The number of aromatic nitrogens is 1. The van der Waals surface area contributed by atoms with Crippen molar-refractivity contribution < 1.29 is 9.53 Å². The molecule has 0 unspecified atom stereocenters. The molecule has 0 saturated carbocycles. The molecule has 15 heavy (non-hydrogen) atoms. The molecule has 0 aliphatic carbocycles. The van der Waals surface area contributed by atoms with Crippen LogP contribution in [-0.2, 0) is 11.3 Å². The molecule has 0 fully saturated rings. The zero-order chi connectivity index (χ0) is 10.8. The molecule has 0 spiro atoms. The van der Waals surface area contributed by atoms with Gasteiger partial charge in [-0.2, -0.15) is 4.37 Å². The number of carbonyl (C=O) groups excluding carboxylic acids is 1. The molecule has 4 nitrogen and oxygen atoms in total. The Labute approximate surface area is 90.8 Å². The van der Waals surface area contributed by atoms with Gasteiger partial charge in [0.1, 0.15) is 0 Å². The molecule has 1 aromatic carbocycles. The molecule has 0 atom stereocenters. The zero-order valence-electron chi connectivity index (χ0n) is 8.19. The third kappa shape index (κ3) is 1.71. The molecule has 2 rings (SSSR count). The van der Waals surface area contributed by atoms with E-state index in [4.69, 9.17) is 5.73 Å². The molecular formula is C10H10N2O2S. The number of hydrogen-bond acceptors (Lipinski definition) is 5. The topological polar surface area (TPSA) is 65.2 Å². The fraction of sp³-hybridized carbons (Fsp3) is 0.200. The fourth-order valence-electron chi connectivity index (χ4n) is 1.36. The van der Waals surface area contributed by atoms with Gasteiger partial charge in [-0.15, -0.1) is 0 Å². The van der Waals surface area contributed by atoms with E-state index in [-0.39, 0.29) is 0 Å².